The molecule has 0 radical (unpaired) electrons. The molecule has 0 amide bonds. The summed E-state index contributed by atoms with van der Waals surface area (Å²) in [6.45, 7) is 2.32. The van der Waals surface area contributed by atoms with Crippen LogP contribution in [0.5, 0.6) is 0 Å². The molecule has 1 rings (SSSR count). The molecule has 0 spiro atoms. The maximum atomic E-state index is 8.61. The Balaban J connectivity index is 3.23. The fraction of sp³-hybridized carbons (Fsp3) is 0.250. The molecule has 56 valence electrons. The average molecular weight is 147 g/mol. The SMILES string of the molecule is Cc1c(C#N)cncc1CN. The summed E-state index contributed by atoms with van der Waals surface area (Å²) < 4.78 is 0. The van der Waals surface area contributed by atoms with E-state index >= 15 is 0 Å². The molecule has 0 aliphatic carbocycles. The van der Waals surface area contributed by atoms with Gasteiger partial charge in [0.25, 0.3) is 0 Å². The summed E-state index contributed by atoms with van der Waals surface area (Å²) in [5, 5.41) is 8.61. The van der Waals surface area contributed by atoms with Gasteiger partial charge in [0, 0.05) is 18.9 Å². The molecular formula is C8H9N3. The van der Waals surface area contributed by atoms with Crippen LogP contribution in [0.4, 0.5) is 0 Å². The van der Waals surface area contributed by atoms with Crippen LogP contribution in [0.1, 0.15) is 16.7 Å². The summed E-state index contributed by atoms with van der Waals surface area (Å²) in [5.74, 6) is 0. The lowest BCUT2D eigenvalue weighted by Gasteiger charge is -2.01. The summed E-state index contributed by atoms with van der Waals surface area (Å²) in [7, 11) is 0. The van der Waals surface area contributed by atoms with Crippen molar-refractivity contribution in [2.24, 2.45) is 5.73 Å². The Morgan fingerprint density at radius 1 is 1.64 bits per heavy atom. The fourth-order valence-electron chi connectivity index (χ4n) is 0.887. The van der Waals surface area contributed by atoms with Crippen LogP contribution in [-0.4, -0.2) is 4.98 Å². The van der Waals surface area contributed by atoms with E-state index in [9.17, 15) is 0 Å². The number of nitriles is 1. The van der Waals surface area contributed by atoms with Crippen molar-refractivity contribution in [3.8, 4) is 6.07 Å². The third-order valence-electron chi connectivity index (χ3n) is 1.66. The van der Waals surface area contributed by atoms with Crippen molar-refractivity contribution >= 4 is 0 Å². The fourth-order valence-corrected chi connectivity index (χ4v) is 0.887. The highest BCUT2D eigenvalue weighted by molar-refractivity contribution is 5.38. The number of nitrogens with two attached hydrogens (primary N) is 1. The molecule has 0 unspecified atom stereocenters. The monoisotopic (exact) mass is 147 g/mol. The Kier molecular flexibility index (Phi) is 2.19. The second-order valence-electron chi connectivity index (χ2n) is 2.29. The molecule has 0 aromatic carbocycles. The van der Waals surface area contributed by atoms with Crippen molar-refractivity contribution in [1.29, 1.82) is 5.26 Å². The second-order valence-corrected chi connectivity index (χ2v) is 2.29. The Morgan fingerprint density at radius 2 is 2.36 bits per heavy atom. The lowest BCUT2D eigenvalue weighted by Crippen LogP contribution is -2.01. The lowest BCUT2D eigenvalue weighted by atomic mass is 10.1. The van der Waals surface area contributed by atoms with Gasteiger partial charge in [-0.2, -0.15) is 5.26 Å². The minimum absolute atomic E-state index is 0.439. The molecule has 0 fully saturated rings. The molecule has 0 aliphatic rings. The van der Waals surface area contributed by atoms with Gasteiger partial charge < -0.3 is 5.73 Å². The second kappa shape index (κ2) is 3.13. The Labute approximate surface area is 65.5 Å². The number of aromatic nitrogens is 1. The number of hydrogen-bond acceptors (Lipinski definition) is 3. The molecular weight excluding hydrogens is 138 g/mol. The molecule has 2 N–H and O–H groups in total. The van der Waals surface area contributed by atoms with Crippen LogP contribution in [0.3, 0.4) is 0 Å². The summed E-state index contributed by atoms with van der Waals surface area (Å²) >= 11 is 0. The van der Waals surface area contributed by atoms with Crippen LogP contribution in [0.2, 0.25) is 0 Å². The Morgan fingerprint density at radius 3 is 2.91 bits per heavy atom. The van der Waals surface area contributed by atoms with Crippen LogP contribution in [0, 0.1) is 18.3 Å². The van der Waals surface area contributed by atoms with Crippen molar-refractivity contribution in [1.82, 2.24) is 4.98 Å². The van der Waals surface area contributed by atoms with Gasteiger partial charge in [-0.3, -0.25) is 4.98 Å². The molecule has 0 saturated carbocycles. The maximum Gasteiger partial charge on any atom is 0.101 e. The van der Waals surface area contributed by atoms with Crippen molar-refractivity contribution in [2.75, 3.05) is 0 Å². The average Bonchev–Trinajstić information content (AvgIpc) is 2.05. The summed E-state index contributed by atoms with van der Waals surface area (Å²) in [6.07, 6.45) is 3.24. The third kappa shape index (κ3) is 1.36. The topological polar surface area (TPSA) is 62.7 Å². The highest BCUT2D eigenvalue weighted by Gasteiger charge is 2.00. The molecule has 11 heavy (non-hydrogen) atoms. The van der Waals surface area contributed by atoms with Gasteiger partial charge in [0.2, 0.25) is 0 Å². The van der Waals surface area contributed by atoms with Gasteiger partial charge in [-0.1, -0.05) is 0 Å². The van der Waals surface area contributed by atoms with E-state index in [1.54, 1.807) is 12.4 Å². The van der Waals surface area contributed by atoms with Gasteiger partial charge in [0.1, 0.15) is 6.07 Å². The predicted octanol–water partition coefficient (Wildman–Crippen LogP) is 0.720. The van der Waals surface area contributed by atoms with E-state index < -0.39 is 0 Å². The van der Waals surface area contributed by atoms with E-state index in [0.29, 0.717) is 12.1 Å². The largest absolute Gasteiger partial charge is 0.326 e. The number of pyridine rings is 1. The summed E-state index contributed by atoms with van der Waals surface area (Å²) in [6, 6.07) is 2.05. The quantitative estimate of drug-likeness (QED) is 0.636. The van der Waals surface area contributed by atoms with Crippen molar-refractivity contribution < 1.29 is 0 Å². The highest BCUT2D eigenvalue weighted by atomic mass is 14.6. The summed E-state index contributed by atoms with van der Waals surface area (Å²) in [4.78, 5) is 3.88. The Bertz CT molecular complexity index is 299. The van der Waals surface area contributed by atoms with E-state index in [4.69, 9.17) is 11.0 Å². The maximum absolute atomic E-state index is 8.61. The highest BCUT2D eigenvalue weighted by Crippen LogP contribution is 2.09. The normalized spacial score (nSPS) is 9.18. The van der Waals surface area contributed by atoms with Gasteiger partial charge in [0.15, 0.2) is 0 Å². The first-order valence-corrected chi connectivity index (χ1v) is 3.33. The van der Waals surface area contributed by atoms with Gasteiger partial charge >= 0.3 is 0 Å². The molecule has 1 heterocycles. The first-order chi connectivity index (χ1) is 5.29. The van der Waals surface area contributed by atoms with Crippen LogP contribution in [0.25, 0.3) is 0 Å². The number of rotatable bonds is 1. The smallest absolute Gasteiger partial charge is 0.101 e. The number of hydrogen-bond donors (Lipinski definition) is 1. The van der Waals surface area contributed by atoms with Crippen LogP contribution in [0.15, 0.2) is 12.4 Å². The van der Waals surface area contributed by atoms with E-state index in [1.807, 2.05) is 6.92 Å². The van der Waals surface area contributed by atoms with Gasteiger partial charge in [-0.05, 0) is 18.1 Å². The van der Waals surface area contributed by atoms with Crippen LogP contribution in [-0.2, 0) is 6.54 Å². The molecule has 0 saturated heterocycles. The standard InChI is InChI=1S/C8H9N3/c1-6-7(2-9)4-11-5-8(6)3-10/h4-5H,2,9H2,1H3. The lowest BCUT2D eigenvalue weighted by molar-refractivity contribution is 1.02. The minimum Gasteiger partial charge on any atom is -0.326 e. The summed E-state index contributed by atoms with van der Waals surface area (Å²) in [5.41, 5.74) is 7.90. The number of nitrogens with zero attached hydrogens (tertiary/aromatic N) is 2. The first-order valence-electron chi connectivity index (χ1n) is 3.33. The van der Waals surface area contributed by atoms with Gasteiger partial charge in [-0.25, -0.2) is 0 Å². The third-order valence-corrected chi connectivity index (χ3v) is 1.66. The van der Waals surface area contributed by atoms with Crippen molar-refractivity contribution in [3.63, 3.8) is 0 Å². The van der Waals surface area contributed by atoms with E-state index in [0.717, 1.165) is 11.1 Å². The first kappa shape index (κ1) is 7.70. The molecule has 3 heteroatoms. The minimum atomic E-state index is 0.439. The van der Waals surface area contributed by atoms with Crippen LogP contribution >= 0.6 is 0 Å². The Hall–Kier alpha value is -1.40. The van der Waals surface area contributed by atoms with E-state index in [2.05, 4.69) is 11.1 Å². The van der Waals surface area contributed by atoms with Gasteiger partial charge in [-0.15, -0.1) is 0 Å². The zero-order valence-electron chi connectivity index (χ0n) is 6.33. The molecule has 0 aliphatic heterocycles. The molecule has 1 aromatic rings. The zero-order chi connectivity index (χ0) is 8.27. The predicted molar refractivity (Wildman–Crippen MR) is 41.6 cm³/mol. The molecule has 0 atom stereocenters. The van der Waals surface area contributed by atoms with Crippen molar-refractivity contribution in [2.45, 2.75) is 13.5 Å². The molecule has 3 nitrogen and oxygen atoms in total. The van der Waals surface area contributed by atoms with Gasteiger partial charge in [0.05, 0.1) is 5.56 Å². The zero-order valence-corrected chi connectivity index (χ0v) is 6.33. The molecule has 1 aromatic heterocycles. The van der Waals surface area contributed by atoms with Crippen LogP contribution < -0.4 is 5.73 Å². The van der Waals surface area contributed by atoms with Crippen molar-refractivity contribution in [3.05, 3.63) is 29.1 Å². The van der Waals surface area contributed by atoms with E-state index in [1.165, 1.54) is 0 Å². The van der Waals surface area contributed by atoms with E-state index in [-0.39, 0.29) is 0 Å². The molecule has 0 bridgehead atoms.